The standard InChI is InChI=1S/C16H21BrFNO/c1-11-5-7-12(8-6-11)9-10-19-16(20)15-13(17)3-2-4-14(15)18/h2-4,11-12H,5-10H2,1H3,(H,19,20). The average Bonchev–Trinajstić information content (AvgIpc) is 2.41. The van der Waals surface area contributed by atoms with Crippen molar-refractivity contribution in [2.24, 2.45) is 11.8 Å². The van der Waals surface area contributed by atoms with Crippen LogP contribution in [0, 0.1) is 17.7 Å². The lowest BCUT2D eigenvalue weighted by molar-refractivity contribution is 0.0945. The van der Waals surface area contributed by atoms with Crippen LogP contribution >= 0.6 is 15.9 Å². The molecule has 20 heavy (non-hydrogen) atoms. The molecule has 0 unspecified atom stereocenters. The van der Waals surface area contributed by atoms with Crippen LogP contribution in [0.5, 0.6) is 0 Å². The number of rotatable bonds is 4. The third-order valence-corrected chi connectivity index (χ3v) is 4.82. The Bertz CT molecular complexity index is 449. The van der Waals surface area contributed by atoms with E-state index in [4.69, 9.17) is 0 Å². The van der Waals surface area contributed by atoms with E-state index in [0.29, 0.717) is 16.9 Å². The summed E-state index contributed by atoms with van der Waals surface area (Å²) in [5.74, 6) is 0.730. The van der Waals surface area contributed by atoms with Gasteiger partial charge in [-0.3, -0.25) is 4.79 Å². The zero-order chi connectivity index (χ0) is 14.5. The summed E-state index contributed by atoms with van der Waals surface area (Å²) in [6.45, 7) is 2.92. The van der Waals surface area contributed by atoms with Gasteiger partial charge in [0.15, 0.2) is 0 Å². The van der Waals surface area contributed by atoms with E-state index in [1.54, 1.807) is 12.1 Å². The van der Waals surface area contributed by atoms with Gasteiger partial charge in [0.25, 0.3) is 5.91 Å². The maximum absolute atomic E-state index is 13.6. The van der Waals surface area contributed by atoms with Crippen LogP contribution in [0.2, 0.25) is 0 Å². The van der Waals surface area contributed by atoms with E-state index in [1.165, 1.54) is 31.7 Å². The minimum Gasteiger partial charge on any atom is -0.352 e. The van der Waals surface area contributed by atoms with Gasteiger partial charge in [-0.2, -0.15) is 0 Å². The highest BCUT2D eigenvalue weighted by Gasteiger charge is 2.19. The van der Waals surface area contributed by atoms with Crippen molar-refractivity contribution in [1.29, 1.82) is 0 Å². The second kappa shape index (κ2) is 7.21. The highest BCUT2D eigenvalue weighted by Crippen LogP contribution is 2.30. The van der Waals surface area contributed by atoms with Crippen LogP contribution in [-0.2, 0) is 0 Å². The molecule has 1 aliphatic rings. The second-order valence-electron chi connectivity index (χ2n) is 5.77. The van der Waals surface area contributed by atoms with E-state index in [-0.39, 0.29) is 11.5 Å². The molecule has 0 heterocycles. The van der Waals surface area contributed by atoms with Crippen molar-refractivity contribution < 1.29 is 9.18 Å². The van der Waals surface area contributed by atoms with Gasteiger partial charge < -0.3 is 5.32 Å². The van der Waals surface area contributed by atoms with E-state index in [1.807, 2.05) is 0 Å². The molecule has 2 nitrogen and oxygen atoms in total. The number of amides is 1. The van der Waals surface area contributed by atoms with Crippen molar-refractivity contribution >= 4 is 21.8 Å². The van der Waals surface area contributed by atoms with E-state index in [9.17, 15) is 9.18 Å². The highest BCUT2D eigenvalue weighted by atomic mass is 79.9. The Hall–Kier alpha value is -0.900. The lowest BCUT2D eigenvalue weighted by Crippen LogP contribution is -2.28. The molecule has 1 saturated carbocycles. The van der Waals surface area contributed by atoms with E-state index >= 15 is 0 Å². The number of halogens is 2. The summed E-state index contributed by atoms with van der Waals surface area (Å²) in [6, 6.07) is 4.57. The van der Waals surface area contributed by atoms with Gasteiger partial charge in [0.1, 0.15) is 5.82 Å². The molecule has 0 aliphatic heterocycles. The molecular weight excluding hydrogens is 321 g/mol. The van der Waals surface area contributed by atoms with Crippen LogP contribution in [0.3, 0.4) is 0 Å². The number of hydrogen-bond acceptors (Lipinski definition) is 1. The molecule has 0 bridgehead atoms. The molecular formula is C16H21BrFNO. The topological polar surface area (TPSA) is 29.1 Å². The molecule has 1 amide bonds. The largest absolute Gasteiger partial charge is 0.352 e. The normalized spacial score (nSPS) is 22.6. The smallest absolute Gasteiger partial charge is 0.255 e. The van der Waals surface area contributed by atoms with E-state index < -0.39 is 5.82 Å². The van der Waals surface area contributed by atoms with Crippen LogP contribution in [0.1, 0.15) is 49.4 Å². The third kappa shape index (κ3) is 4.05. The van der Waals surface area contributed by atoms with Crippen LogP contribution in [0.15, 0.2) is 22.7 Å². The first-order valence-corrected chi connectivity index (χ1v) is 8.09. The van der Waals surface area contributed by atoms with Gasteiger partial charge in [-0.15, -0.1) is 0 Å². The summed E-state index contributed by atoms with van der Waals surface area (Å²) in [6.07, 6.45) is 6.07. The first-order chi connectivity index (χ1) is 9.58. The Morgan fingerprint density at radius 3 is 2.70 bits per heavy atom. The Morgan fingerprint density at radius 2 is 2.05 bits per heavy atom. The van der Waals surface area contributed by atoms with Crippen LogP contribution in [0.4, 0.5) is 4.39 Å². The summed E-state index contributed by atoms with van der Waals surface area (Å²) in [5, 5.41) is 2.83. The monoisotopic (exact) mass is 341 g/mol. The van der Waals surface area contributed by atoms with Crippen LogP contribution < -0.4 is 5.32 Å². The highest BCUT2D eigenvalue weighted by molar-refractivity contribution is 9.10. The minimum absolute atomic E-state index is 0.102. The Labute approximate surface area is 128 Å². The fraction of sp³-hybridized carbons (Fsp3) is 0.562. The molecule has 0 atom stereocenters. The quantitative estimate of drug-likeness (QED) is 0.856. The third-order valence-electron chi connectivity index (χ3n) is 4.16. The van der Waals surface area contributed by atoms with Crippen molar-refractivity contribution in [3.05, 3.63) is 34.1 Å². The SMILES string of the molecule is CC1CCC(CCNC(=O)c2c(F)cccc2Br)CC1. The van der Waals surface area contributed by atoms with Gasteiger partial charge in [-0.1, -0.05) is 38.7 Å². The first kappa shape index (κ1) is 15.5. The Morgan fingerprint density at radius 1 is 1.35 bits per heavy atom. The van der Waals surface area contributed by atoms with Crippen LogP contribution in [-0.4, -0.2) is 12.5 Å². The number of carbonyl (C=O) groups excluding carboxylic acids is 1. The average molecular weight is 342 g/mol. The molecule has 0 spiro atoms. The summed E-state index contributed by atoms with van der Waals surface area (Å²) < 4.78 is 14.1. The van der Waals surface area contributed by atoms with Gasteiger partial charge in [-0.05, 0) is 46.3 Å². The summed E-state index contributed by atoms with van der Waals surface area (Å²) in [7, 11) is 0. The van der Waals surface area contributed by atoms with Gasteiger partial charge in [0, 0.05) is 11.0 Å². The molecule has 4 heteroatoms. The van der Waals surface area contributed by atoms with Crippen LogP contribution in [0.25, 0.3) is 0 Å². The molecule has 1 aliphatic carbocycles. The molecule has 110 valence electrons. The molecule has 1 aromatic carbocycles. The molecule has 1 fully saturated rings. The van der Waals surface area contributed by atoms with E-state index in [2.05, 4.69) is 28.2 Å². The molecule has 1 N–H and O–H groups in total. The van der Waals surface area contributed by atoms with Crippen molar-refractivity contribution in [3.63, 3.8) is 0 Å². The van der Waals surface area contributed by atoms with Gasteiger partial charge >= 0.3 is 0 Å². The summed E-state index contributed by atoms with van der Waals surface area (Å²) in [4.78, 5) is 12.0. The predicted molar refractivity (Wildman–Crippen MR) is 82.2 cm³/mol. The fourth-order valence-corrected chi connectivity index (χ4v) is 3.33. The summed E-state index contributed by atoms with van der Waals surface area (Å²) in [5.41, 5.74) is 0.102. The second-order valence-corrected chi connectivity index (χ2v) is 6.62. The number of benzene rings is 1. The van der Waals surface area contributed by atoms with Gasteiger partial charge in [0.05, 0.1) is 5.56 Å². The Balaban J connectivity index is 1.81. The minimum atomic E-state index is -0.483. The van der Waals surface area contributed by atoms with Gasteiger partial charge in [0.2, 0.25) is 0 Å². The number of carbonyl (C=O) groups is 1. The molecule has 1 aromatic rings. The lowest BCUT2D eigenvalue weighted by Gasteiger charge is -2.26. The maximum atomic E-state index is 13.6. The first-order valence-electron chi connectivity index (χ1n) is 7.30. The maximum Gasteiger partial charge on any atom is 0.255 e. The lowest BCUT2D eigenvalue weighted by atomic mass is 9.81. The molecule has 0 aromatic heterocycles. The van der Waals surface area contributed by atoms with Gasteiger partial charge in [-0.25, -0.2) is 4.39 Å². The summed E-state index contributed by atoms with van der Waals surface area (Å²) >= 11 is 3.22. The number of hydrogen-bond donors (Lipinski definition) is 1. The van der Waals surface area contributed by atoms with E-state index in [0.717, 1.165) is 12.3 Å². The van der Waals surface area contributed by atoms with Crippen molar-refractivity contribution in [1.82, 2.24) is 5.32 Å². The zero-order valence-electron chi connectivity index (χ0n) is 11.8. The molecule has 2 rings (SSSR count). The fourth-order valence-electron chi connectivity index (χ4n) is 2.81. The zero-order valence-corrected chi connectivity index (χ0v) is 13.4. The van der Waals surface area contributed by atoms with Crippen molar-refractivity contribution in [3.8, 4) is 0 Å². The predicted octanol–water partition coefficient (Wildman–Crippen LogP) is 4.53. The van der Waals surface area contributed by atoms with Crippen molar-refractivity contribution in [2.45, 2.75) is 39.0 Å². The Kier molecular flexibility index (Phi) is 5.58. The number of nitrogens with one attached hydrogen (secondary N) is 1. The molecule has 0 saturated heterocycles. The molecule has 0 radical (unpaired) electrons. The van der Waals surface area contributed by atoms with Crippen molar-refractivity contribution in [2.75, 3.05) is 6.54 Å².